The number of halogens is 1. The molecule has 0 radical (unpaired) electrons. The van der Waals surface area contributed by atoms with E-state index in [2.05, 4.69) is 25.9 Å². The molecule has 0 saturated carbocycles. The van der Waals surface area contributed by atoms with Crippen molar-refractivity contribution < 1.29 is 9.66 Å². The molecule has 2 aromatic rings. The molecule has 21 heavy (non-hydrogen) atoms. The van der Waals surface area contributed by atoms with Gasteiger partial charge in [0.25, 0.3) is 5.69 Å². The molecule has 1 aromatic carbocycles. The van der Waals surface area contributed by atoms with Crippen LogP contribution in [0, 0.1) is 17.0 Å². The van der Waals surface area contributed by atoms with Crippen LogP contribution in [0.4, 0.5) is 5.69 Å². The monoisotopic (exact) mass is 351 g/mol. The van der Waals surface area contributed by atoms with Crippen LogP contribution in [-0.2, 0) is 6.42 Å². The fourth-order valence-corrected chi connectivity index (χ4v) is 2.25. The summed E-state index contributed by atoms with van der Waals surface area (Å²) in [6.45, 7) is 3.69. The summed E-state index contributed by atoms with van der Waals surface area (Å²) in [4.78, 5) is 19.1. The molecule has 0 fully saturated rings. The molecule has 6 nitrogen and oxygen atoms in total. The molecule has 0 unspecified atom stereocenters. The number of aryl methyl sites for hydroxylation is 1. The molecule has 1 heterocycles. The Bertz CT molecular complexity index is 677. The third-order valence-electron chi connectivity index (χ3n) is 2.86. The Labute approximate surface area is 130 Å². The maximum Gasteiger partial charge on any atom is 0.276 e. The number of hydrogen-bond acceptors (Lipinski definition) is 5. The van der Waals surface area contributed by atoms with Gasteiger partial charge in [-0.1, -0.05) is 13.0 Å². The summed E-state index contributed by atoms with van der Waals surface area (Å²) < 4.78 is 6.31. The van der Waals surface area contributed by atoms with Gasteiger partial charge < -0.3 is 4.74 Å². The Kier molecular flexibility index (Phi) is 4.85. The van der Waals surface area contributed by atoms with Crippen molar-refractivity contribution in [3.63, 3.8) is 0 Å². The second-order valence-electron chi connectivity index (χ2n) is 4.45. The molecule has 0 saturated heterocycles. The molecular formula is C14H14BrN3O3. The molecule has 2 rings (SSSR count). The van der Waals surface area contributed by atoms with E-state index in [-0.39, 0.29) is 5.69 Å². The van der Waals surface area contributed by atoms with Gasteiger partial charge in [0.05, 0.1) is 10.5 Å². The van der Waals surface area contributed by atoms with Crippen LogP contribution in [-0.4, -0.2) is 14.9 Å². The zero-order valence-corrected chi connectivity index (χ0v) is 13.3. The van der Waals surface area contributed by atoms with Crippen LogP contribution in [0.3, 0.4) is 0 Å². The number of nitrogens with zero attached hydrogens (tertiary/aromatic N) is 3. The van der Waals surface area contributed by atoms with Gasteiger partial charge in [0.1, 0.15) is 16.2 Å². The average molecular weight is 352 g/mol. The molecule has 0 bridgehead atoms. The van der Waals surface area contributed by atoms with Gasteiger partial charge in [0.15, 0.2) is 0 Å². The summed E-state index contributed by atoms with van der Waals surface area (Å²) >= 11 is 3.31. The second kappa shape index (κ2) is 6.62. The van der Waals surface area contributed by atoms with E-state index < -0.39 is 4.92 Å². The van der Waals surface area contributed by atoms with Crippen molar-refractivity contribution in [2.45, 2.75) is 26.7 Å². The van der Waals surface area contributed by atoms with E-state index in [0.717, 1.165) is 12.8 Å². The van der Waals surface area contributed by atoms with Gasteiger partial charge in [0, 0.05) is 18.6 Å². The van der Waals surface area contributed by atoms with Crippen LogP contribution < -0.4 is 4.74 Å². The minimum atomic E-state index is -0.430. The first kappa shape index (κ1) is 15.4. The highest BCUT2D eigenvalue weighted by Gasteiger charge is 2.15. The van der Waals surface area contributed by atoms with Crippen LogP contribution in [0.5, 0.6) is 11.6 Å². The van der Waals surface area contributed by atoms with Gasteiger partial charge in [-0.2, -0.15) is 4.98 Å². The summed E-state index contributed by atoms with van der Waals surface area (Å²) in [7, 11) is 0. The van der Waals surface area contributed by atoms with Gasteiger partial charge in [0.2, 0.25) is 5.88 Å². The first-order valence-corrected chi connectivity index (χ1v) is 7.26. The van der Waals surface area contributed by atoms with Gasteiger partial charge in [-0.3, -0.25) is 10.1 Å². The summed E-state index contributed by atoms with van der Waals surface area (Å²) in [5, 5.41) is 10.9. The van der Waals surface area contributed by atoms with Crippen molar-refractivity contribution in [3.05, 3.63) is 50.4 Å². The van der Waals surface area contributed by atoms with Gasteiger partial charge in [-0.15, -0.1) is 0 Å². The van der Waals surface area contributed by atoms with Crippen LogP contribution in [0.2, 0.25) is 0 Å². The third-order valence-corrected chi connectivity index (χ3v) is 3.26. The maximum absolute atomic E-state index is 10.9. The minimum absolute atomic E-state index is 0.0226. The summed E-state index contributed by atoms with van der Waals surface area (Å²) in [5.74, 6) is 1.45. The minimum Gasteiger partial charge on any atom is -0.438 e. The molecule has 0 atom stereocenters. The number of nitro benzene ring substituents is 1. The van der Waals surface area contributed by atoms with Crippen LogP contribution in [0.1, 0.15) is 24.7 Å². The lowest BCUT2D eigenvalue weighted by atomic mass is 10.2. The molecule has 0 aliphatic heterocycles. The Morgan fingerprint density at radius 2 is 2.14 bits per heavy atom. The Balaban J connectivity index is 2.34. The quantitative estimate of drug-likeness (QED) is 0.458. The van der Waals surface area contributed by atoms with Crippen molar-refractivity contribution in [1.29, 1.82) is 0 Å². The summed E-state index contributed by atoms with van der Waals surface area (Å²) in [5.41, 5.74) is 0.490. The molecule has 7 heteroatoms. The molecule has 0 amide bonds. The van der Waals surface area contributed by atoms with Gasteiger partial charge in [-0.25, -0.2) is 4.98 Å². The number of ether oxygens (including phenoxy) is 1. The Hall–Kier alpha value is -2.02. The number of rotatable bonds is 5. The SMILES string of the molecule is CCCc1nc(Br)cc(Oc2cccc([N+](=O)[O-])c2C)n1. The van der Waals surface area contributed by atoms with Gasteiger partial charge in [-0.05, 0) is 35.3 Å². The lowest BCUT2D eigenvalue weighted by Crippen LogP contribution is -1.99. The fourth-order valence-electron chi connectivity index (χ4n) is 1.85. The predicted octanol–water partition coefficient (Wildman–Crippen LogP) is 4.20. The lowest BCUT2D eigenvalue weighted by Gasteiger charge is -2.09. The third kappa shape index (κ3) is 3.75. The zero-order chi connectivity index (χ0) is 15.4. The first-order valence-electron chi connectivity index (χ1n) is 6.46. The molecule has 0 aliphatic rings. The van der Waals surface area contributed by atoms with Crippen LogP contribution in [0.15, 0.2) is 28.9 Å². The van der Waals surface area contributed by atoms with Gasteiger partial charge >= 0.3 is 0 Å². The van der Waals surface area contributed by atoms with Crippen molar-refractivity contribution in [1.82, 2.24) is 9.97 Å². The van der Waals surface area contributed by atoms with E-state index in [0.29, 0.717) is 27.6 Å². The number of benzene rings is 1. The normalized spacial score (nSPS) is 10.4. The highest BCUT2D eigenvalue weighted by Crippen LogP contribution is 2.30. The summed E-state index contributed by atoms with van der Waals surface area (Å²) in [6.07, 6.45) is 1.66. The molecule has 0 aliphatic carbocycles. The standard InChI is InChI=1S/C14H14BrN3O3/c1-3-5-13-16-12(15)8-14(17-13)21-11-7-4-6-10(9(11)2)18(19)20/h4,6-8H,3,5H2,1-2H3. The molecule has 0 N–H and O–H groups in total. The molecule has 0 spiro atoms. The largest absolute Gasteiger partial charge is 0.438 e. The van der Waals surface area contributed by atoms with E-state index in [4.69, 9.17) is 4.74 Å². The van der Waals surface area contributed by atoms with E-state index in [9.17, 15) is 10.1 Å². The predicted molar refractivity (Wildman–Crippen MR) is 81.6 cm³/mol. The van der Waals surface area contributed by atoms with E-state index in [1.807, 2.05) is 6.92 Å². The highest BCUT2D eigenvalue weighted by molar-refractivity contribution is 9.10. The summed E-state index contributed by atoms with van der Waals surface area (Å²) in [6, 6.07) is 6.35. The smallest absolute Gasteiger partial charge is 0.276 e. The van der Waals surface area contributed by atoms with E-state index >= 15 is 0 Å². The molecule has 110 valence electrons. The van der Waals surface area contributed by atoms with E-state index in [1.54, 1.807) is 25.1 Å². The van der Waals surface area contributed by atoms with Crippen molar-refractivity contribution in [2.75, 3.05) is 0 Å². The number of nitro groups is 1. The van der Waals surface area contributed by atoms with Crippen molar-refractivity contribution in [2.24, 2.45) is 0 Å². The Morgan fingerprint density at radius 3 is 2.81 bits per heavy atom. The molecular weight excluding hydrogens is 338 g/mol. The second-order valence-corrected chi connectivity index (χ2v) is 5.27. The number of aromatic nitrogens is 2. The Morgan fingerprint density at radius 1 is 1.38 bits per heavy atom. The highest BCUT2D eigenvalue weighted by atomic mass is 79.9. The van der Waals surface area contributed by atoms with Crippen LogP contribution in [0.25, 0.3) is 0 Å². The van der Waals surface area contributed by atoms with Crippen molar-refractivity contribution >= 4 is 21.6 Å². The fraction of sp³-hybridized carbons (Fsp3) is 0.286. The lowest BCUT2D eigenvalue weighted by molar-refractivity contribution is -0.385. The van der Waals surface area contributed by atoms with Crippen LogP contribution >= 0.6 is 15.9 Å². The topological polar surface area (TPSA) is 78.2 Å². The molecule has 1 aromatic heterocycles. The maximum atomic E-state index is 10.9. The zero-order valence-electron chi connectivity index (χ0n) is 11.7. The average Bonchev–Trinajstić information content (AvgIpc) is 2.40. The van der Waals surface area contributed by atoms with Crippen molar-refractivity contribution in [3.8, 4) is 11.6 Å². The van der Waals surface area contributed by atoms with E-state index in [1.165, 1.54) is 6.07 Å². The number of hydrogen-bond donors (Lipinski definition) is 0. The first-order chi connectivity index (χ1) is 10.0.